The van der Waals surface area contributed by atoms with Crippen molar-refractivity contribution in [2.45, 2.75) is 51.0 Å². The van der Waals surface area contributed by atoms with Crippen LogP contribution < -0.4 is 5.32 Å². The number of nitrogens with one attached hydrogen (secondary N) is 1. The van der Waals surface area contributed by atoms with E-state index in [0.717, 1.165) is 24.8 Å². The van der Waals surface area contributed by atoms with Crippen molar-refractivity contribution < 1.29 is 9.90 Å². The van der Waals surface area contributed by atoms with Gasteiger partial charge >= 0.3 is 0 Å². The van der Waals surface area contributed by atoms with Crippen LogP contribution in [0.1, 0.15) is 45.1 Å². The highest BCUT2D eigenvalue weighted by Crippen LogP contribution is 2.44. The molecule has 0 heterocycles. The predicted molar refractivity (Wildman–Crippen MR) is 85.5 cm³/mol. The van der Waals surface area contributed by atoms with E-state index >= 15 is 0 Å². The van der Waals surface area contributed by atoms with E-state index in [-0.39, 0.29) is 17.9 Å². The van der Waals surface area contributed by atoms with Crippen molar-refractivity contribution in [1.82, 2.24) is 5.32 Å². The molecule has 0 bridgehead atoms. The minimum atomic E-state index is -0.407. The summed E-state index contributed by atoms with van der Waals surface area (Å²) in [6, 6.07) is 7.63. The summed E-state index contributed by atoms with van der Waals surface area (Å²) in [5.41, 5.74) is 0.608. The zero-order valence-electron chi connectivity index (χ0n) is 12.7. The Morgan fingerprint density at radius 1 is 1.43 bits per heavy atom. The Hall–Kier alpha value is -1.06. The second-order valence-electron chi connectivity index (χ2n) is 6.35. The summed E-state index contributed by atoms with van der Waals surface area (Å²) in [5.74, 6) is 0.360. The third-order valence-electron chi connectivity index (χ3n) is 4.37. The first kappa shape index (κ1) is 16.3. The molecule has 1 fully saturated rings. The Morgan fingerprint density at radius 2 is 2.14 bits per heavy atom. The van der Waals surface area contributed by atoms with Gasteiger partial charge in [-0.2, -0.15) is 0 Å². The number of hydrogen-bond acceptors (Lipinski definition) is 2. The van der Waals surface area contributed by atoms with Crippen molar-refractivity contribution in [3.05, 3.63) is 34.9 Å². The highest BCUT2D eigenvalue weighted by atomic mass is 35.5. The lowest BCUT2D eigenvalue weighted by Gasteiger charge is -2.41. The molecule has 3 nitrogen and oxygen atoms in total. The van der Waals surface area contributed by atoms with E-state index in [1.54, 1.807) is 6.92 Å². The molecule has 1 aromatic carbocycles. The summed E-state index contributed by atoms with van der Waals surface area (Å²) in [5, 5.41) is 13.1. The zero-order valence-corrected chi connectivity index (χ0v) is 13.5. The Bertz CT molecular complexity index is 497. The number of rotatable bonds is 6. The Morgan fingerprint density at radius 3 is 2.67 bits per heavy atom. The second-order valence-corrected chi connectivity index (χ2v) is 6.78. The minimum Gasteiger partial charge on any atom is -0.393 e. The summed E-state index contributed by atoms with van der Waals surface area (Å²) in [4.78, 5) is 12.6. The van der Waals surface area contributed by atoms with Crippen LogP contribution in [0.4, 0.5) is 0 Å². The molecule has 0 saturated heterocycles. The maximum atomic E-state index is 12.6. The van der Waals surface area contributed by atoms with Gasteiger partial charge in [-0.3, -0.25) is 4.79 Å². The third kappa shape index (κ3) is 3.78. The maximum absolute atomic E-state index is 12.6. The van der Waals surface area contributed by atoms with Gasteiger partial charge in [0.15, 0.2) is 0 Å². The normalized spacial score (nSPS) is 19.4. The number of benzene rings is 1. The van der Waals surface area contributed by atoms with Gasteiger partial charge in [0.05, 0.1) is 11.5 Å². The van der Waals surface area contributed by atoms with E-state index in [9.17, 15) is 9.90 Å². The summed E-state index contributed by atoms with van der Waals surface area (Å²) in [6.45, 7) is 4.42. The number of aliphatic hydroxyl groups excluding tert-OH is 1. The molecule has 0 radical (unpaired) electrons. The average molecular weight is 310 g/mol. The van der Waals surface area contributed by atoms with Crippen LogP contribution in [0.15, 0.2) is 24.3 Å². The van der Waals surface area contributed by atoms with E-state index in [4.69, 9.17) is 11.6 Å². The van der Waals surface area contributed by atoms with Crippen molar-refractivity contribution >= 4 is 17.5 Å². The largest absolute Gasteiger partial charge is 0.393 e. The summed E-state index contributed by atoms with van der Waals surface area (Å²) < 4.78 is 0. The molecule has 2 N–H and O–H groups in total. The van der Waals surface area contributed by atoms with Gasteiger partial charge < -0.3 is 10.4 Å². The molecule has 2 unspecified atom stereocenters. The fourth-order valence-corrected chi connectivity index (χ4v) is 3.26. The maximum Gasteiger partial charge on any atom is 0.230 e. The number of hydrogen-bond donors (Lipinski definition) is 2. The summed E-state index contributed by atoms with van der Waals surface area (Å²) >= 11 is 6.06. The summed E-state index contributed by atoms with van der Waals surface area (Å²) in [6.07, 6.45) is 3.20. The highest BCUT2D eigenvalue weighted by Gasteiger charge is 2.45. The van der Waals surface area contributed by atoms with E-state index in [2.05, 4.69) is 5.32 Å². The molecule has 0 aliphatic heterocycles. The smallest absolute Gasteiger partial charge is 0.230 e. The topological polar surface area (TPSA) is 49.3 Å². The quantitative estimate of drug-likeness (QED) is 0.847. The first-order valence-corrected chi connectivity index (χ1v) is 8.04. The van der Waals surface area contributed by atoms with E-state index in [1.165, 1.54) is 0 Å². The van der Waals surface area contributed by atoms with Gasteiger partial charge in [-0.05, 0) is 49.8 Å². The van der Waals surface area contributed by atoms with Crippen LogP contribution in [0.2, 0.25) is 5.02 Å². The molecular weight excluding hydrogens is 286 g/mol. The van der Waals surface area contributed by atoms with Crippen molar-refractivity contribution in [2.75, 3.05) is 6.54 Å². The van der Waals surface area contributed by atoms with Gasteiger partial charge in [-0.15, -0.1) is 0 Å². The Kier molecular flexibility index (Phi) is 5.28. The standard InChI is InChI=1S/C17H24ClNO2/c1-12(9-13(2)20)11-19-16(21)17(7-4-8-17)14-5-3-6-15(18)10-14/h3,5-6,10,12-13,20H,4,7-9,11H2,1-2H3,(H,19,21). The predicted octanol–water partition coefficient (Wildman–Crippen LogP) is 3.28. The van der Waals surface area contributed by atoms with Crippen LogP contribution in [-0.2, 0) is 10.2 Å². The fraction of sp³-hybridized carbons (Fsp3) is 0.588. The molecule has 1 aliphatic carbocycles. The second kappa shape index (κ2) is 6.80. The van der Waals surface area contributed by atoms with Crippen LogP contribution in [0, 0.1) is 5.92 Å². The van der Waals surface area contributed by atoms with E-state index in [0.29, 0.717) is 18.0 Å². The third-order valence-corrected chi connectivity index (χ3v) is 4.61. The van der Waals surface area contributed by atoms with Crippen molar-refractivity contribution in [2.24, 2.45) is 5.92 Å². The van der Waals surface area contributed by atoms with Gasteiger partial charge in [0.2, 0.25) is 5.91 Å². The lowest BCUT2D eigenvalue weighted by molar-refractivity contribution is -0.130. The molecule has 0 spiro atoms. The fourth-order valence-electron chi connectivity index (χ4n) is 3.07. The average Bonchev–Trinajstić information content (AvgIpc) is 2.34. The van der Waals surface area contributed by atoms with Crippen LogP contribution in [0.25, 0.3) is 0 Å². The molecular formula is C17H24ClNO2. The molecule has 1 aliphatic rings. The molecule has 116 valence electrons. The van der Waals surface area contributed by atoms with E-state index < -0.39 is 5.41 Å². The first-order chi connectivity index (χ1) is 9.94. The van der Waals surface area contributed by atoms with Crippen LogP contribution >= 0.6 is 11.6 Å². The SMILES string of the molecule is CC(O)CC(C)CNC(=O)C1(c2cccc(Cl)c2)CCC1. The lowest BCUT2D eigenvalue weighted by Crippen LogP contribution is -2.50. The van der Waals surface area contributed by atoms with Gasteiger partial charge in [0, 0.05) is 11.6 Å². The van der Waals surface area contributed by atoms with Crippen molar-refractivity contribution in [1.29, 1.82) is 0 Å². The molecule has 21 heavy (non-hydrogen) atoms. The molecule has 0 aromatic heterocycles. The van der Waals surface area contributed by atoms with Gasteiger partial charge in [0.1, 0.15) is 0 Å². The minimum absolute atomic E-state index is 0.0912. The van der Waals surface area contributed by atoms with Crippen LogP contribution in [0.3, 0.4) is 0 Å². The van der Waals surface area contributed by atoms with Gasteiger partial charge in [0.25, 0.3) is 0 Å². The monoisotopic (exact) mass is 309 g/mol. The molecule has 1 saturated carbocycles. The van der Waals surface area contributed by atoms with Gasteiger partial charge in [-0.1, -0.05) is 37.1 Å². The highest BCUT2D eigenvalue weighted by molar-refractivity contribution is 6.30. The van der Waals surface area contributed by atoms with Crippen molar-refractivity contribution in [3.63, 3.8) is 0 Å². The molecule has 1 aromatic rings. The lowest BCUT2D eigenvalue weighted by atomic mass is 9.64. The number of aliphatic hydroxyl groups is 1. The number of carbonyl (C=O) groups is 1. The van der Waals surface area contributed by atoms with Crippen LogP contribution in [-0.4, -0.2) is 23.7 Å². The molecule has 2 atom stereocenters. The first-order valence-electron chi connectivity index (χ1n) is 7.66. The number of halogens is 1. The zero-order chi connectivity index (χ0) is 15.5. The Labute approximate surface area is 131 Å². The molecule has 1 amide bonds. The van der Waals surface area contributed by atoms with E-state index in [1.807, 2.05) is 31.2 Å². The number of amides is 1. The number of carbonyl (C=O) groups excluding carboxylic acids is 1. The molecule has 4 heteroatoms. The Balaban J connectivity index is 2.02. The van der Waals surface area contributed by atoms with Gasteiger partial charge in [-0.25, -0.2) is 0 Å². The summed E-state index contributed by atoms with van der Waals surface area (Å²) in [7, 11) is 0. The van der Waals surface area contributed by atoms with Crippen LogP contribution in [0.5, 0.6) is 0 Å². The molecule has 2 rings (SSSR count). The van der Waals surface area contributed by atoms with Crippen molar-refractivity contribution in [3.8, 4) is 0 Å².